The Labute approximate surface area is 167 Å². The summed E-state index contributed by atoms with van der Waals surface area (Å²) in [6, 6.07) is 1.20. The molecule has 2 aliphatic heterocycles. The first-order valence-electron chi connectivity index (χ1n) is 11.3. The minimum atomic E-state index is -0.215. The molecule has 27 heavy (non-hydrogen) atoms. The Morgan fingerprint density at radius 3 is 2.30 bits per heavy atom. The number of hydrogen-bond acceptors (Lipinski definition) is 4. The van der Waals surface area contributed by atoms with Crippen molar-refractivity contribution >= 4 is 5.91 Å². The molecular formula is C22H44N4O. The van der Waals surface area contributed by atoms with Gasteiger partial charge in [0, 0.05) is 44.8 Å². The van der Waals surface area contributed by atoms with E-state index in [9.17, 15) is 4.79 Å². The van der Waals surface area contributed by atoms with Crippen molar-refractivity contribution in [2.75, 3.05) is 52.4 Å². The molecule has 1 N–H and O–H groups in total. The van der Waals surface area contributed by atoms with E-state index in [4.69, 9.17) is 0 Å². The zero-order chi connectivity index (χ0) is 20.0. The smallest absolute Gasteiger partial charge is 0.227 e. The summed E-state index contributed by atoms with van der Waals surface area (Å²) in [5.41, 5.74) is -0.215. The van der Waals surface area contributed by atoms with Gasteiger partial charge in [0.05, 0.1) is 5.41 Å². The SMILES string of the molecule is CCC(C)N1CCC(CN2CCN(CC)C(C)C2)(C(=O)NCC(C)C)CC1. The molecule has 2 fully saturated rings. The summed E-state index contributed by atoms with van der Waals surface area (Å²) in [6.07, 6.45) is 3.16. The molecule has 0 bridgehead atoms. The summed E-state index contributed by atoms with van der Waals surface area (Å²) in [7, 11) is 0. The summed E-state index contributed by atoms with van der Waals surface area (Å²) in [5.74, 6) is 0.796. The van der Waals surface area contributed by atoms with Gasteiger partial charge in [-0.25, -0.2) is 0 Å². The second-order valence-corrected chi connectivity index (χ2v) is 9.39. The first kappa shape index (κ1) is 22.6. The number of likely N-dealkylation sites (N-methyl/N-ethyl adjacent to an activating group) is 1. The van der Waals surface area contributed by atoms with Crippen molar-refractivity contribution in [2.24, 2.45) is 11.3 Å². The van der Waals surface area contributed by atoms with Gasteiger partial charge in [0.25, 0.3) is 0 Å². The van der Waals surface area contributed by atoms with E-state index in [-0.39, 0.29) is 5.41 Å². The molecule has 0 saturated carbocycles. The van der Waals surface area contributed by atoms with Crippen LogP contribution in [-0.4, -0.2) is 85.0 Å². The van der Waals surface area contributed by atoms with Crippen LogP contribution in [0.25, 0.3) is 0 Å². The second kappa shape index (κ2) is 10.2. The number of nitrogens with one attached hydrogen (secondary N) is 1. The largest absolute Gasteiger partial charge is 0.355 e. The molecule has 0 aromatic carbocycles. The molecule has 0 spiro atoms. The van der Waals surface area contributed by atoms with Crippen molar-refractivity contribution < 1.29 is 4.79 Å². The Morgan fingerprint density at radius 2 is 1.78 bits per heavy atom. The molecule has 0 radical (unpaired) electrons. The van der Waals surface area contributed by atoms with Crippen molar-refractivity contribution in [2.45, 2.75) is 72.9 Å². The summed E-state index contributed by atoms with van der Waals surface area (Å²) in [6.45, 7) is 21.7. The van der Waals surface area contributed by atoms with Crippen LogP contribution in [0.15, 0.2) is 0 Å². The van der Waals surface area contributed by atoms with Crippen LogP contribution in [0, 0.1) is 11.3 Å². The average Bonchev–Trinajstić information content (AvgIpc) is 2.66. The van der Waals surface area contributed by atoms with Gasteiger partial charge in [0.2, 0.25) is 5.91 Å². The lowest BCUT2D eigenvalue weighted by Gasteiger charge is -2.47. The maximum Gasteiger partial charge on any atom is 0.227 e. The van der Waals surface area contributed by atoms with Crippen LogP contribution in [-0.2, 0) is 4.79 Å². The van der Waals surface area contributed by atoms with Gasteiger partial charge in [-0.3, -0.25) is 14.6 Å². The van der Waals surface area contributed by atoms with Crippen LogP contribution in [0.3, 0.4) is 0 Å². The van der Waals surface area contributed by atoms with Crippen molar-refractivity contribution in [3.8, 4) is 0 Å². The Hall–Kier alpha value is -0.650. The minimum Gasteiger partial charge on any atom is -0.355 e. The lowest BCUT2D eigenvalue weighted by atomic mass is 9.76. The van der Waals surface area contributed by atoms with Crippen molar-refractivity contribution in [1.29, 1.82) is 0 Å². The van der Waals surface area contributed by atoms with E-state index in [1.165, 1.54) is 6.42 Å². The molecule has 2 aliphatic rings. The van der Waals surface area contributed by atoms with Crippen LogP contribution in [0.1, 0.15) is 60.8 Å². The van der Waals surface area contributed by atoms with Crippen molar-refractivity contribution in [1.82, 2.24) is 20.0 Å². The van der Waals surface area contributed by atoms with Gasteiger partial charge in [0.1, 0.15) is 0 Å². The standard InChI is InChI=1S/C22H44N4O/c1-7-19(5)26-11-9-22(10-12-26,21(27)23-15-18(3)4)17-24-13-14-25(8-2)20(6)16-24/h18-20H,7-17H2,1-6H3,(H,23,27). The number of amides is 1. The fourth-order valence-electron chi connectivity index (χ4n) is 4.70. The molecule has 158 valence electrons. The van der Waals surface area contributed by atoms with Crippen LogP contribution >= 0.6 is 0 Å². The van der Waals surface area contributed by atoms with Gasteiger partial charge in [-0.2, -0.15) is 0 Å². The van der Waals surface area contributed by atoms with Gasteiger partial charge in [0.15, 0.2) is 0 Å². The van der Waals surface area contributed by atoms with Gasteiger partial charge in [-0.1, -0.05) is 27.7 Å². The predicted octanol–water partition coefficient (Wildman–Crippen LogP) is 2.67. The zero-order valence-corrected chi connectivity index (χ0v) is 18.8. The topological polar surface area (TPSA) is 38.8 Å². The fourth-order valence-corrected chi connectivity index (χ4v) is 4.70. The molecular weight excluding hydrogens is 336 g/mol. The summed E-state index contributed by atoms with van der Waals surface area (Å²) in [4.78, 5) is 21.0. The first-order valence-corrected chi connectivity index (χ1v) is 11.3. The Balaban J connectivity index is 2.05. The maximum absolute atomic E-state index is 13.3. The number of carbonyl (C=O) groups excluding carboxylic acids is 1. The molecule has 1 amide bonds. The van der Waals surface area contributed by atoms with Gasteiger partial charge in [-0.15, -0.1) is 0 Å². The molecule has 2 atom stereocenters. The molecule has 2 rings (SSSR count). The van der Waals surface area contributed by atoms with Gasteiger partial charge < -0.3 is 10.2 Å². The van der Waals surface area contributed by atoms with E-state index >= 15 is 0 Å². The van der Waals surface area contributed by atoms with E-state index in [2.05, 4.69) is 61.6 Å². The highest BCUT2D eigenvalue weighted by Gasteiger charge is 2.43. The highest BCUT2D eigenvalue weighted by atomic mass is 16.2. The van der Waals surface area contributed by atoms with E-state index in [1.807, 2.05) is 0 Å². The summed E-state index contributed by atoms with van der Waals surface area (Å²) < 4.78 is 0. The molecule has 5 nitrogen and oxygen atoms in total. The molecule has 0 aromatic heterocycles. The molecule has 0 aromatic rings. The zero-order valence-electron chi connectivity index (χ0n) is 18.8. The first-order chi connectivity index (χ1) is 12.8. The molecule has 2 heterocycles. The van der Waals surface area contributed by atoms with E-state index in [1.54, 1.807) is 0 Å². The van der Waals surface area contributed by atoms with E-state index < -0.39 is 0 Å². The highest BCUT2D eigenvalue weighted by molar-refractivity contribution is 5.83. The number of piperazine rings is 1. The maximum atomic E-state index is 13.3. The third kappa shape index (κ3) is 5.91. The van der Waals surface area contributed by atoms with Crippen molar-refractivity contribution in [3.05, 3.63) is 0 Å². The third-order valence-electron chi connectivity index (χ3n) is 6.90. The molecule has 0 aliphatic carbocycles. The third-order valence-corrected chi connectivity index (χ3v) is 6.90. The lowest BCUT2D eigenvalue weighted by molar-refractivity contribution is -0.136. The van der Waals surface area contributed by atoms with Crippen molar-refractivity contribution in [3.63, 3.8) is 0 Å². The number of piperidine rings is 1. The summed E-state index contributed by atoms with van der Waals surface area (Å²) in [5, 5.41) is 3.28. The number of hydrogen-bond donors (Lipinski definition) is 1. The van der Waals surface area contributed by atoms with E-state index in [0.29, 0.717) is 23.9 Å². The molecule has 2 unspecified atom stereocenters. The van der Waals surface area contributed by atoms with Gasteiger partial charge >= 0.3 is 0 Å². The monoisotopic (exact) mass is 380 g/mol. The van der Waals surface area contributed by atoms with Gasteiger partial charge in [-0.05, 0) is 58.7 Å². The Morgan fingerprint density at radius 1 is 1.11 bits per heavy atom. The minimum absolute atomic E-state index is 0.215. The average molecular weight is 381 g/mol. The quantitative estimate of drug-likeness (QED) is 0.703. The molecule has 5 heteroatoms. The number of carbonyl (C=O) groups is 1. The number of nitrogens with zero attached hydrogens (tertiary/aromatic N) is 3. The molecule has 2 saturated heterocycles. The second-order valence-electron chi connectivity index (χ2n) is 9.39. The number of rotatable bonds is 8. The Kier molecular flexibility index (Phi) is 8.57. The van der Waals surface area contributed by atoms with Crippen LogP contribution in [0.5, 0.6) is 0 Å². The number of likely N-dealkylation sites (tertiary alicyclic amines) is 1. The lowest BCUT2D eigenvalue weighted by Crippen LogP contribution is -2.59. The Bertz CT molecular complexity index is 459. The van der Waals surface area contributed by atoms with Crippen LogP contribution < -0.4 is 5.32 Å². The summed E-state index contributed by atoms with van der Waals surface area (Å²) >= 11 is 0. The fraction of sp³-hybridized carbons (Fsp3) is 0.955. The van der Waals surface area contributed by atoms with Crippen LogP contribution in [0.4, 0.5) is 0 Å². The predicted molar refractivity (Wildman–Crippen MR) is 114 cm³/mol. The normalized spacial score (nSPS) is 26.3. The van der Waals surface area contributed by atoms with E-state index in [0.717, 1.165) is 65.2 Å². The van der Waals surface area contributed by atoms with Crippen LogP contribution in [0.2, 0.25) is 0 Å². The highest BCUT2D eigenvalue weighted by Crippen LogP contribution is 2.34.